The van der Waals surface area contributed by atoms with Crippen LogP contribution in [0, 0.1) is 0 Å². The van der Waals surface area contributed by atoms with Gasteiger partial charge < -0.3 is 15.2 Å². The van der Waals surface area contributed by atoms with E-state index in [0.717, 1.165) is 5.56 Å². The number of ether oxygens (including phenoxy) is 1. The Labute approximate surface area is 205 Å². The smallest absolute Gasteiger partial charge is 0.337 e. The summed E-state index contributed by atoms with van der Waals surface area (Å²) < 4.78 is 33.3. The monoisotopic (exact) mass is 520 g/mol. The van der Waals surface area contributed by atoms with Crippen molar-refractivity contribution in [2.24, 2.45) is 0 Å². The maximum Gasteiger partial charge on any atom is 0.337 e. The molecule has 1 aliphatic heterocycles. The largest absolute Gasteiger partial charge is 0.495 e. The predicted molar refractivity (Wildman–Crippen MR) is 129 cm³/mol. The lowest BCUT2D eigenvalue weighted by Gasteiger charge is -2.21. The summed E-state index contributed by atoms with van der Waals surface area (Å²) in [7, 11) is -2.65. The number of halogens is 2. The summed E-state index contributed by atoms with van der Waals surface area (Å²) in [4.78, 5) is 23.9. The van der Waals surface area contributed by atoms with Crippen molar-refractivity contribution >= 4 is 56.5 Å². The third-order valence-corrected chi connectivity index (χ3v) is 7.73. The number of anilines is 2. The summed E-state index contributed by atoms with van der Waals surface area (Å²) in [5.74, 6) is -1.53. The normalized spacial score (nSPS) is 12.9. The van der Waals surface area contributed by atoms with Gasteiger partial charge >= 0.3 is 5.97 Å². The van der Waals surface area contributed by atoms with Crippen LogP contribution in [0.15, 0.2) is 59.5 Å². The molecule has 0 unspecified atom stereocenters. The predicted octanol–water partition coefficient (Wildman–Crippen LogP) is 4.70. The number of hydrogen-bond acceptors (Lipinski definition) is 5. The molecule has 0 saturated carbocycles. The zero-order valence-electron chi connectivity index (χ0n) is 17.7. The van der Waals surface area contributed by atoms with Gasteiger partial charge in [0, 0.05) is 22.8 Å². The van der Waals surface area contributed by atoms with Gasteiger partial charge in [-0.25, -0.2) is 13.2 Å². The van der Waals surface area contributed by atoms with Crippen molar-refractivity contribution in [1.29, 1.82) is 0 Å². The summed E-state index contributed by atoms with van der Waals surface area (Å²) in [6.45, 7) is 0.199. The number of rotatable bonds is 6. The topological polar surface area (TPSA) is 113 Å². The minimum atomic E-state index is -4.02. The second kappa shape index (κ2) is 9.17. The number of sulfonamides is 1. The van der Waals surface area contributed by atoms with E-state index in [2.05, 4.69) is 5.32 Å². The van der Waals surface area contributed by atoms with Gasteiger partial charge in [0.25, 0.3) is 15.9 Å². The van der Waals surface area contributed by atoms with Crippen molar-refractivity contribution in [3.05, 3.63) is 81.3 Å². The van der Waals surface area contributed by atoms with E-state index in [1.165, 1.54) is 53.9 Å². The van der Waals surface area contributed by atoms with Crippen LogP contribution in [0.4, 0.5) is 11.4 Å². The van der Waals surface area contributed by atoms with E-state index in [1.807, 2.05) is 0 Å². The molecule has 3 aromatic rings. The summed E-state index contributed by atoms with van der Waals surface area (Å²) >= 11 is 12.0. The molecule has 0 atom stereocenters. The van der Waals surface area contributed by atoms with Crippen LogP contribution in [0.5, 0.6) is 5.75 Å². The first kappa shape index (κ1) is 23.9. The number of hydrogen-bond donors (Lipinski definition) is 2. The molecule has 1 aliphatic rings. The first-order valence-electron chi connectivity index (χ1n) is 9.95. The van der Waals surface area contributed by atoms with Gasteiger partial charge in [-0.3, -0.25) is 9.10 Å². The number of amides is 1. The molecule has 0 radical (unpaired) electrons. The Hall–Kier alpha value is -3.27. The number of carboxylic acid groups (broad SMARTS) is 1. The van der Waals surface area contributed by atoms with Gasteiger partial charge in [-0.15, -0.1) is 0 Å². The number of carboxylic acids is 1. The molecule has 8 nitrogen and oxygen atoms in total. The van der Waals surface area contributed by atoms with E-state index in [0.29, 0.717) is 17.8 Å². The maximum atomic E-state index is 13.4. The van der Waals surface area contributed by atoms with Crippen LogP contribution in [0.1, 0.15) is 26.3 Å². The van der Waals surface area contributed by atoms with Gasteiger partial charge in [0.15, 0.2) is 0 Å². The van der Waals surface area contributed by atoms with Crippen molar-refractivity contribution in [2.75, 3.05) is 23.3 Å². The summed E-state index contributed by atoms with van der Waals surface area (Å²) in [5, 5.41) is 12.0. The zero-order valence-corrected chi connectivity index (χ0v) is 20.0. The zero-order chi connectivity index (χ0) is 24.6. The van der Waals surface area contributed by atoms with Gasteiger partial charge in [0.1, 0.15) is 10.6 Å². The average molecular weight is 521 g/mol. The number of carbonyl (C=O) groups excluding carboxylic acids is 1. The summed E-state index contributed by atoms with van der Waals surface area (Å²) in [6, 6.07) is 13.2. The Balaban J connectivity index is 1.65. The molecule has 2 N–H and O–H groups in total. The van der Waals surface area contributed by atoms with Crippen molar-refractivity contribution in [1.82, 2.24) is 0 Å². The number of benzene rings is 3. The fourth-order valence-electron chi connectivity index (χ4n) is 3.68. The third kappa shape index (κ3) is 4.42. The van der Waals surface area contributed by atoms with E-state index in [9.17, 15) is 18.0 Å². The molecule has 176 valence electrons. The molecule has 0 spiro atoms. The van der Waals surface area contributed by atoms with Crippen LogP contribution in [-0.4, -0.2) is 39.1 Å². The number of carbonyl (C=O) groups is 2. The first-order chi connectivity index (χ1) is 16.1. The van der Waals surface area contributed by atoms with Crippen molar-refractivity contribution in [3.8, 4) is 5.75 Å². The second-order valence-corrected chi connectivity index (χ2v) is 10.1. The Morgan fingerprint density at radius 3 is 2.50 bits per heavy atom. The first-order valence-corrected chi connectivity index (χ1v) is 12.1. The molecule has 3 aromatic carbocycles. The third-order valence-electron chi connectivity index (χ3n) is 5.35. The van der Waals surface area contributed by atoms with Gasteiger partial charge in [-0.05, 0) is 60.5 Å². The van der Waals surface area contributed by atoms with Crippen LogP contribution >= 0.6 is 23.2 Å². The van der Waals surface area contributed by atoms with Crippen LogP contribution < -0.4 is 14.4 Å². The fraction of sp³-hybridized carbons (Fsp3) is 0.130. The lowest BCUT2D eigenvalue weighted by molar-refractivity contribution is 0.0697. The summed E-state index contributed by atoms with van der Waals surface area (Å²) in [6.07, 6.45) is 0.478. The van der Waals surface area contributed by atoms with Gasteiger partial charge in [0.05, 0.1) is 23.4 Å². The minimum Gasteiger partial charge on any atom is -0.495 e. The van der Waals surface area contributed by atoms with Crippen molar-refractivity contribution in [2.45, 2.75) is 11.3 Å². The van der Waals surface area contributed by atoms with E-state index in [1.54, 1.807) is 12.1 Å². The SMILES string of the molecule is COc1ccc(Cl)cc1S(=O)(=O)N1CCc2ccc(C(=O)Nc3ccc(C(=O)O)c(Cl)c3)cc21. The molecule has 0 fully saturated rings. The number of aromatic carboxylic acids is 1. The Bertz CT molecular complexity index is 1420. The molecule has 1 amide bonds. The molecule has 0 bridgehead atoms. The van der Waals surface area contributed by atoms with Gasteiger partial charge in [-0.2, -0.15) is 0 Å². The van der Waals surface area contributed by atoms with Gasteiger partial charge in [-0.1, -0.05) is 29.3 Å². The summed E-state index contributed by atoms with van der Waals surface area (Å²) in [5.41, 5.74) is 1.59. The lowest BCUT2D eigenvalue weighted by atomic mass is 10.1. The second-order valence-electron chi connectivity index (χ2n) is 7.42. The van der Waals surface area contributed by atoms with Crippen LogP contribution in [0.2, 0.25) is 10.0 Å². The number of fused-ring (bicyclic) bond motifs is 1. The quantitative estimate of drug-likeness (QED) is 0.486. The van der Waals surface area contributed by atoms with E-state index in [-0.39, 0.29) is 38.4 Å². The number of nitrogens with zero attached hydrogens (tertiary/aromatic N) is 1. The molecule has 0 saturated heterocycles. The molecule has 34 heavy (non-hydrogen) atoms. The maximum absolute atomic E-state index is 13.4. The Morgan fingerprint density at radius 1 is 1.06 bits per heavy atom. The fourth-order valence-corrected chi connectivity index (χ4v) is 5.86. The highest BCUT2D eigenvalue weighted by atomic mass is 35.5. The van der Waals surface area contributed by atoms with Crippen molar-refractivity contribution < 1.29 is 27.9 Å². The molecule has 0 aromatic heterocycles. The molecular formula is C23H18Cl2N2O6S. The highest BCUT2D eigenvalue weighted by Gasteiger charge is 2.33. The Morgan fingerprint density at radius 2 is 1.82 bits per heavy atom. The van der Waals surface area contributed by atoms with E-state index < -0.39 is 21.9 Å². The highest BCUT2D eigenvalue weighted by Crippen LogP contribution is 2.37. The molecule has 4 rings (SSSR count). The van der Waals surface area contributed by atoms with Crippen molar-refractivity contribution in [3.63, 3.8) is 0 Å². The van der Waals surface area contributed by atoms with Crippen LogP contribution in [-0.2, 0) is 16.4 Å². The minimum absolute atomic E-state index is 0.0213. The number of methoxy groups -OCH3 is 1. The highest BCUT2D eigenvalue weighted by molar-refractivity contribution is 7.93. The standard InChI is InChI=1S/C23H18Cl2N2O6S/c1-33-20-7-4-15(24)11-21(20)34(31,32)27-9-8-13-2-3-14(10-19(13)27)22(28)26-16-5-6-17(23(29)30)18(25)12-16/h2-7,10-12H,8-9H2,1H3,(H,26,28)(H,29,30). The number of nitrogens with one attached hydrogen (secondary N) is 1. The lowest BCUT2D eigenvalue weighted by Crippen LogP contribution is -2.29. The molecule has 11 heteroatoms. The molecule has 0 aliphatic carbocycles. The van der Waals surface area contributed by atoms with E-state index in [4.69, 9.17) is 33.0 Å². The molecular weight excluding hydrogens is 503 g/mol. The van der Waals surface area contributed by atoms with Gasteiger partial charge in [0.2, 0.25) is 0 Å². The molecule has 1 heterocycles. The van der Waals surface area contributed by atoms with Crippen LogP contribution in [0.3, 0.4) is 0 Å². The average Bonchev–Trinajstić information content (AvgIpc) is 3.23. The Kier molecular flexibility index (Phi) is 6.44. The van der Waals surface area contributed by atoms with Crippen LogP contribution in [0.25, 0.3) is 0 Å². The van der Waals surface area contributed by atoms with E-state index >= 15 is 0 Å².